The summed E-state index contributed by atoms with van der Waals surface area (Å²) in [6.07, 6.45) is 2.20. The van der Waals surface area contributed by atoms with Gasteiger partial charge in [-0.15, -0.1) is 0 Å². The Labute approximate surface area is 345 Å². The van der Waals surface area contributed by atoms with Gasteiger partial charge in [0.1, 0.15) is 0 Å². The molecule has 9 rings (SSSR count). The lowest BCUT2D eigenvalue weighted by molar-refractivity contribution is 0.592. The highest BCUT2D eigenvalue weighted by Crippen LogP contribution is 2.56. The topological polar surface area (TPSA) is 3.24 Å². The molecule has 0 heterocycles. The number of fused-ring (bicyclic) bond motifs is 3. The van der Waals surface area contributed by atoms with Crippen LogP contribution in [0.25, 0.3) is 55.6 Å². The van der Waals surface area contributed by atoms with E-state index in [-0.39, 0.29) is 5.41 Å². The van der Waals surface area contributed by atoms with Crippen LogP contribution in [-0.2, 0) is 5.41 Å². The average molecular weight is 750 g/mol. The lowest BCUT2D eigenvalue weighted by Crippen LogP contribution is -2.13. The maximum absolute atomic E-state index is 2.53. The number of benzene rings is 8. The van der Waals surface area contributed by atoms with Gasteiger partial charge in [-0.25, -0.2) is 0 Å². The second kappa shape index (κ2) is 15.5. The third-order valence-electron chi connectivity index (χ3n) is 12.0. The first-order valence-electron chi connectivity index (χ1n) is 20.9. The fraction of sp³-hybridized carbons (Fsp3) is 0.158. The van der Waals surface area contributed by atoms with Crippen LogP contribution in [-0.4, -0.2) is 0 Å². The highest BCUT2D eigenvalue weighted by Gasteiger charge is 2.35. The van der Waals surface area contributed by atoms with Crippen molar-refractivity contribution in [2.45, 2.75) is 58.8 Å². The first kappa shape index (κ1) is 37.2. The van der Waals surface area contributed by atoms with Gasteiger partial charge in [-0.1, -0.05) is 186 Å². The van der Waals surface area contributed by atoms with Gasteiger partial charge in [0.15, 0.2) is 0 Å². The molecule has 0 amide bonds. The van der Waals surface area contributed by atoms with Crippen LogP contribution in [0.2, 0.25) is 0 Å². The van der Waals surface area contributed by atoms with E-state index >= 15 is 0 Å². The molecule has 0 radical (unpaired) electrons. The fourth-order valence-corrected chi connectivity index (χ4v) is 9.26. The van der Waals surface area contributed by atoms with Crippen molar-refractivity contribution in [3.05, 3.63) is 210 Å². The molecule has 58 heavy (non-hydrogen) atoms. The number of hydrogen-bond acceptors (Lipinski definition) is 1. The second-order valence-corrected chi connectivity index (χ2v) is 16.8. The zero-order chi connectivity index (χ0) is 39.8. The molecule has 8 aromatic rings. The molecule has 0 bridgehead atoms. The summed E-state index contributed by atoms with van der Waals surface area (Å²) in [4.78, 5) is 2.53. The molecule has 8 aromatic carbocycles. The minimum atomic E-state index is 0.0227. The van der Waals surface area contributed by atoms with Crippen molar-refractivity contribution in [3.63, 3.8) is 0 Å². The van der Waals surface area contributed by atoms with E-state index in [9.17, 15) is 0 Å². The van der Waals surface area contributed by atoms with Crippen molar-refractivity contribution in [3.8, 4) is 55.6 Å². The average Bonchev–Trinajstić information content (AvgIpc) is 3.59. The number of anilines is 3. The normalized spacial score (nSPS) is 13.2. The molecule has 0 saturated heterocycles. The third-order valence-corrected chi connectivity index (χ3v) is 12.0. The van der Waals surface area contributed by atoms with Gasteiger partial charge in [0.25, 0.3) is 0 Å². The van der Waals surface area contributed by atoms with Crippen molar-refractivity contribution < 1.29 is 0 Å². The van der Waals surface area contributed by atoms with E-state index in [2.05, 4.69) is 228 Å². The zero-order valence-electron chi connectivity index (χ0n) is 34.3. The van der Waals surface area contributed by atoms with Gasteiger partial charge < -0.3 is 4.90 Å². The van der Waals surface area contributed by atoms with E-state index in [4.69, 9.17) is 0 Å². The Morgan fingerprint density at radius 3 is 1.66 bits per heavy atom. The van der Waals surface area contributed by atoms with Gasteiger partial charge in [-0.2, -0.15) is 0 Å². The first-order chi connectivity index (χ1) is 28.3. The minimum Gasteiger partial charge on any atom is -0.310 e. The second-order valence-electron chi connectivity index (χ2n) is 16.8. The van der Waals surface area contributed by atoms with Gasteiger partial charge in [-0.3, -0.25) is 0 Å². The summed E-state index contributed by atoms with van der Waals surface area (Å²) in [7, 11) is 0. The molecule has 1 heteroatoms. The Bertz CT molecular complexity index is 2660. The van der Waals surface area contributed by atoms with Crippen LogP contribution < -0.4 is 4.90 Å². The van der Waals surface area contributed by atoms with Crippen LogP contribution in [0, 0.1) is 6.92 Å². The Balaban J connectivity index is 1.34. The summed E-state index contributed by atoms with van der Waals surface area (Å²) in [5.74, 6) is 0.305. The number of aryl methyl sites for hydroxylation is 1. The van der Waals surface area contributed by atoms with Crippen molar-refractivity contribution in [1.29, 1.82) is 0 Å². The predicted molar refractivity (Wildman–Crippen MR) is 248 cm³/mol. The van der Waals surface area contributed by atoms with Gasteiger partial charge in [-0.05, 0) is 127 Å². The largest absolute Gasteiger partial charge is 0.310 e. The Morgan fingerprint density at radius 1 is 0.466 bits per heavy atom. The Hall–Kier alpha value is -6.44. The minimum absolute atomic E-state index is 0.0227. The van der Waals surface area contributed by atoms with E-state index in [1.165, 1.54) is 83.6 Å². The molecule has 1 unspecified atom stereocenters. The Morgan fingerprint density at radius 2 is 1.03 bits per heavy atom. The van der Waals surface area contributed by atoms with E-state index < -0.39 is 0 Å². The van der Waals surface area contributed by atoms with Crippen LogP contribution in [0.15, 0.2) is 188 Å². The number of hydrogen-bond donors (Lipinski definition) is 0. The Kier molecular flexibility index (Phi) is 9.92. The van der Waals surface area contributed by atoms with Gasteiger partial charge in [0, 0.05) is 22.9 Å². The third kappa shape index (κ3) is 6.86. The first-order valence-corrected chi connectivity index (χ1v) is 20.9. The fourth-order valence-electron chi connectivity index (χ4n) is 9.26. The van der Waals surface area contributed by atoms with Crippen LogP contribution in [0.1, 0.15) is 68.7 Å². The molecule has 1 nitrogen and oxygen atoms in total. The maximum Gasteiger partial charge on any atom is 0.0543 e. The molecule has 284 valence electrons. The van der Waals surface area contributed by atoms with Gasteiger partial charge in [0.2, 0.25) is 0 Å². The summed E-state index contributed by atoms with van der Waals surface area (Å²) in [5.41, 5.74) is 21.6. The number of nitrogens with zero attached hydrogens (tertiary/aromatic N) is 1. The zero-order valence-corrected chi connectivity index (χ0v) is 34.3. The highest BCUT2D eigenvalue weighted by molar-refractivity contribution is 5.99. The van der Waals surface area contributed by atoms with E-state index in [0.717, 1.165) is 24.2 Å². The van der Waals surface area contributed by atoms with Crippen molar-refractivity contribution >= 4 is 17.1 Å². The van der Waals surface area contributed by atoms with Gasteiger partial charge >= 0.3 is 0 Å². The summed E-state index contributed by atoms with van der Waals surface area (Å²) >= 11 is 0. The van der Waals surface area contributed by atoms with Crippen molar-refractivity contribution in [2.24, 2.45) is 0 Å². The quantitative estimate of drug-likeness (QED) is 0.142. The molecule has 0 aliphatic heterocycles. The van der Waals surface area contributed by atoms with Crippen molar-refractivity contribution in [2.75, 3.05) is 4.90 Å². The lowest BCUT2D eigenvalue weighted by Gasteiger charge is -2.30. The molecule has 0 aromatic heterocycles. The number of rotatable bonds is 9. The standard InChI is InChI=1S/C57H51N/c1-6-19-50-49-27-15-16-28-51(49)56-54(35-34-52(55(50)56)47-25-14-13-20-39(47)2)58(45-32-30-42(31-33-45)48-26-17-18-29-53(48)57(3,4)5)46-37-43(40-21-9-7-10-22-40)36-44(38-46)41-23-11-8-12-24-41/h7-18,20-38,50H,6,19H2,1-5H3. The molecule has 0 spiro atoms. The summed E-state index contributed by atoms with van der Waals surface area (Å²) in [5, 5.41) is 0. The smallest absolute Gasteiger partial charge is 0.0543 e. The van der Waals surface area contributed by atoms with E-state index in [1.54, 1.807) is 0 Å². The molecule has 1 atom stereocenters. The molecule has 0 fully saturated rings. The SMILES string of the molecule is CCCC1c2ccccc2-c2c(N(c3ccc(-c4ccccc4C(C)(C)C)cc3)c3cc(-c4ccccc4)cc(-c4ccccc4)c3)ccc(-c3ccccc3C)c21. The van der Waals surface area contributed by atoms with E-state index in [0.29, 0.717) is 5.92 Å². The molecule has 0 saturated carbocycles. The summed E-state index contributed by atoms with van der Waals surface area (Å²) in [6.45, 7) is 11.5. The van der Waals surface area contributed by atoms with Crippen LogP contribution in [0.4, 0.5) is 17.1 Å². The monoisotopic (exact) mass is 749 g/mol. The highest BCUT2D eigenvalue weighted by atomic mass is 15.1. The molecule has 1 aliphatic rings. The van der Waals surface area contributed by atoms with Crippen molar-refractivity contribution in [1.82, 2.24) is 0 Å². The maximum atomic E-state index is 2.53. The summed E-state index contributed by atoms with van der Waals surface area (Å²) in [6, 6.07) is 69.8. The molecular weight excluding hydrogens is 699 g/mol. The molecular formula is C57H51N. The van der Waals surface area contributed by atoms with Crippen LogP contribution >= 0.6 is 0 Å². The molecule has 0 N–H and O–H groups in total. The van der Waals surface area contributed by atoms with E-state index in [1.807, 2.05) is 0 Å². The summed E-state index contributed by atoms with van der Waals surface area (Å²) < 4.78 is 0. The van der Waals surface area contributed by atoms with Gasteiger partial charge in [0.05, 0.1) is 5.69 Å². The predicted octanol–water partition coefficient (Wildman–Crippen LogP) is 16.3. The lowest BCUT2D eigenvalue weighted by atomic mass is 9.82. The van der Waals surface area contributed by atoms with Crippen LogP contribution in [0.5, 0.6) is 0 Å². The molecule has 1 aliphatic carbocycles. The van der Waals surface area contributed by atoms with Crippen LogP contribution in [0.3, 0.4) is 0 Å².